The van der Waals surface area contributed by atoms with Crippen LogP contribution in [-0.4, -0.2) is 119 Å². The molecule has 3 saturated carbocycles. The average molecular weight is 752 g/mol. The van der Waals surface area contributed by atoms with Gasteiger partial charge < -0.3 is 39.4 Å². The molecule has 0 bridgehead atoms. The van der Waals surface area contributed by atoms with Crippen molar-refractivity contribution in [2.45, 2.75) is 141 Å². The SMILES string of the molecule is C[C@H]1CN(C(=O)OC(C)(C)C)CCCN1c1nc(C(N)=C2CCC[C@@]3(CCCCC34OCCO4)C2=O)cc(N2CCN(C(=O)OC(C)(C)C)C3(CC3)C2)n1. The highest BCUT2D eigenvalue weighted by Crippen LogP contribution is 2.56. The number of anilines is 2. The number of rotatable bonds is 3. The van der Waals surface area contributed by atoms with Gasteiger partial charge in [-0.3, -0.25) is 9.69 Å². The number of carbonyl (C=O) groups excluding carboxylic acids is 3. The molecule has 1 aromatic rings. The number of ether oxygens (including phenoxy) is 4. The summed E-state index contributed by atoms with van der Waals surface area (Å²) < 4.78 is 24.2. The van der Waals surface area contributed by atoms with E-state index in [-0.39, 0.29) is 29.6 Å². The monoisotopic (exact) mass is 751 g/mol. The van der Waals surface area contributed by atoms with Crippen molar-refractivity contribution >= 4 is 35.4 Å². The summed E-state index contributed by atoms with van der Waals surface area (Å²) in [6.45, 7) is 17.6. The summed E-state index contributed by atoms with van der Waals surface area (Å²) in [6, 6.07) is 1.78. The van der Waals surface area contributed by atoms with Crippen LogP contribution in [0.3, 0.4) is 0 Å². The molecular formula is C40H61N7O7. The standard InChI is InChI=1S/C40H61N7O7/c1-27-25-44(34(49)53-36(2,3)4)18-11-19-46(27)33-42-29(24-30(43-33)45-20-21-47(38(26-45)16-17-38)35(50)54-37(5,6)7)31(41)28-12-10-14-39(32(28)48)13-8-9-15-40(39)51-22-23-52-40/h24,27H,8-23,25-26,41H2,1-7H3/t27-,39-/m0/s1. The molecule has 2 amide bonds. The quantitative estimate of drug-likeness (QED) is 0.381. The molecule has 1 aromatic heterocycles. The van der Waals surface area contributed by atoms with Crippen LogP contribution in [0.25, 0.3) is 5.70 Å². The van der Waals surface area contributed by atoms with Gasteiger partial charge in [-0.25, -0.2) is 14.6 Å². The van der Waals surface area contributed by atoms with Crippen LogP contribution in [0, 0.1) is 5.41 Å². The Kier molecular flexibility index (Phi) is 10.1. The van der Waals surface area contributed by atoms with Crippen LogP contribution in [0.5, 0.6) is 0 Å². The van der Waals surface area contributed by atoms with Crippen LogP contribution in [-0.2, 0) is 23.7 Å². The Labute approximate surface area is 320 Å². The van der Waals surface area contributed by atoms with Gasteiger partial charge in [0.1, 0.15) is 17.0 Å². The summed E-state index contributed by atoms with van der Waals surface area (Å²) in [6.07, 6.45) is 7.24. The number of nitrogens with zero attached hydrogens (tertiary/aromatic N) is 6. The van der Waals surface area contributed by atoms with E-state index in [1.54, 1.807) is 4.90 Å². The second kappa shape index (κ2) is 14.1. The molecule has 54 heavy (non-hydrogen) atoms. The van der Waals surface area contributed by atoms with Crippen molar-refractivity contribution in [3.63, 3.8) is 0 Å². The van der Waals surface area contributed by atoms with E-state index >= 15 is 0 Å². The summed E-state index contributed by atoms with van der Waals surface area (Å²) in [5, 5.41) is 0. The Morgan fingerprint density at radius 1 is 0.852 bits per heavy atom. The summed E-state index contributed by atoms with van der Waals surface area (Å²) in [5.41, 5.74) is 6.30. The number of hydrogen-bond donors (Lipinski definition) is 1. The number of piperazine rings is 1. The van der Waals surface area contributed by atoms with E-state index in [9.17, 15) is 14.4 Å². The number of fused-ring (bicyclic) bond motifs is 1. The number of nitrogens with two attached hydrogens (primary N) is 1. The van der Waals surface area contributed by atoms with Crippen LogP contribution in [0.15, 0.2) is 11.6 Å². The van der Waals surface area contributed by atoms with Gasteiger partial charge in [0.25, 0.3) is 0 Å². The van der Waals surface area contributed by atoms with Crippen LogP contribution in [0.1, 0.15) is 118 Å². The Hall–Kier alpha value is -3.65. The Balaban J connectivity index is 1.24. The molecule has 2 atom stereocenters. The number of hydrogen-bond acceptors (Lipinski definition) is 12. The fourth-order valence-corrected chi connectivity index (χ4v) is 9.33. The van der Waals surface area contributed by atoms with Crippen molar-refractivity contribution < 1.29 is 33.3 Å². The van der Waals surface area contributed by atoms with E-state index in [0.29, 0.717) is 113 Å². The van der Waals surface area contributed by atoms with Crippen molar-refractivity contribution in [3.8, 4) is 0 Å². The van der Waals surface area contributed by atoms with Gasteiger partial charge in [-0.1, -0.05) is 6.42 Å². The lowest BCUT2D eigenvalue weighted by molar-refractivity contribution is -0.251. The summed E-state index contributed by atoms with van der Waals surface area (Å²) >= 11 is 0. The van der Waals surface area contributed by atoms with Gasteiger partial charge in [0.2, 0.25) is 5.95 Å². The molecule has 0 unspecified atom stereocenters. The lowest BCUT2D eigenvalue weighted by Crippen LogP contribution is -2.58. The van der Waals surface area contributed by atoms with Gasteiger partial charge >= 0.3 is 12.2 Å². The third-order valence-corrected chi connectivity index (χ3v) is 12.1. The predicted molar refractivity (Wildman–Crippen MR) is 204 cm³/mol. The maximum atomic E-state index is 14.8. The Morgan fingerprint density at radius 2 is 1.52 bits per heavy atom. The normalized spacial score (nSPS) is 28.1. The molecule has 0 aromatic carbocycles. The molecule has 298 valence electrons. The third kappa shape index (κ3) is 7.36. The second-order valence-electron chi connectivity index (χ2n) is 18.3. The topological polar surface area (TPSA) is 153 Å². The minimum atomic E-state index is -0.899. The fraction of sp³-hybridized carbons (Fsp3) is 0.775. The lowest BCUT2D eigenvalue weighted by Gasteiger charge is -2.51. The maximum Gasteiger partial charge on any atom is 0.410 e. The van der Waals surface area contributed by atoms with Crippen molar-refractivity contribution in [1.29, 1.82) is 0 Å². The first-order valence-electron chi connectivity index (χ1n) is 20.2. The Morgan fingerprint density at radius 3 is 2.20 bits per heavy atom. The zero-order valence-electron chi connectivity index (χ0n) is 33.5. The van der Waals surface area contributed by atoms with E-state index in [0.717, 1.165) is 32.1 Å². The number of allylic oxidation sites excluding steroid dienone is 1. The zero-order valence-corrected chi connectivity index (χ0v) is 33.5. The molecule has 14 heteroatoms. The number of Topliss-reactive ketones (excluding diaryl/α,β-unsaturated/α-hetero) is 1. The lowest BCUT2D eigenvalue weighted by atomic mass is 9.59. The van der Waals surface area contributed by atoms with Gasteiger partial charge in [0.05, 0.1) is 35.6 Å². The summed E-state index contributed by atoms with van der Waals surface area (Å²) in [7, 11) is 0. The molecule has 7 rings (SSSR count). The third-order valence-electron chi connectivity index (χ3n) is 12.1. The summed E-state index contributed by atoms with van der Waals surface area (Å²) in [5.74, 6) is 0.320. The van der Waals surface area contributed by atoms with E-state index in [1.165, 1.54) is 0 Å². The molecule has 6 fully saturated rings. The molecule has 14 nitrogen and oxygen atoms in total. The largest absolute Gasteiger partial charge is 0.444 e. The first-order chi connectivity index (χ1) is 25.4. The molecule has 2 N–H and O–H groups in total. The van der Waals surface area contributed by atoms with Gasteiger partial charge in [-0.05, 0) is 99.8 Å². The smallest absolute Gasteiger partial charge is 0.410 e. The predicted octanol–water partition coefficient (Wildman–Crippen LogP) is 5.63. The van der Waals surface area contributed by atoms with Gasteiger partial charge in [0, 0.05) is 63.4 Å². The minimum Gasteiger partial charge on any atom is -0.444 e. The fourth-order valence-electron chi connectivity index (χ4n) is 9.33. The van der Waals surface area contributed by atoms with Gasteiger partial charge in [-0.15, -0.1) is 0 Å². The molecule has 6 aliphatic rings. The highest BCUT2D eigenvalue weighted by atomic mass is 16.7. The van der Waals surface area contributed by atoms with E-state index < -0.39 is 22.4 Å². The molecule has 0 radical (unpaired) electrons. The number of ketones is 1. The number of aromatic nitrogens is 2. The summed E-state index contributed by atoms with van der Waals surface area (Å²) in [4.78, 5) is 59.5. The first-order valence-corrected chi connectivity index (χ1v) is 20.2. The van der Waals surface area contributed by atoms with E-state index in [4.69, 9.17) is 34.6 Å². The minimum absolute atomic E-state index is 0.0219. The van der Waals surface area contributed by atoms with Gasteiger partial charge in [-0.2, -0.15) is 4.98 Å². The van der Waals surface area contributed by atoms with Crippen molar-refractivity contribution in [1.82, 2.24) is 19.8 Å². The van der Waals surface area contributed by atoms with Gasteiger partial charge in [0.15, 0.2) is 11.6 Å². The maximum absolute atomic E-state index is 14.8. The van der Waals surface area contributed by atoms with Crippen LogP contribution in [0.4, 0.5) is 21.4 Å². The van der Waals surface area contributed by atoms with Crippen LogP contribution < -0.4 is 15.5 Å². The van der Waals surface area contributed by atoms with Crippen molar-refractivity contribution in [2.75, 3.05) is 62.3 Å². The second-order valence-corrected chi connectivity index (χ2v) is 18.3. The highest BCUT2D eigenvalue weighted by molar-refractivity contribution is 6.06. The molecule has 3 saturated heterocycles. The molecule has 3 aliphatic heterocycles. The number of carbonyl (C=O) groups is 3. The first kappa shape index (κ1) is 38.6. The van der Waals surface area contributed by atoms with Crippen molar-refractivity contribution in [3.05, 3.63) is 17.3 Å². The Bertz CT molecular complexity index is 1650. The van der Waals surface area contributed by atoms with E-state index in [2.05, 4.69) is 16.7 Å². The average Bonchev–Trinajstić information content (AvgIpc) is 3.75. The zero-order chi connectivity index (χ0) is 38.7. The van der Waals surface area contributed by atoms with Crippen LogP contribution >= 0.6 is 0 Å². The highest BCUT2D eigenvalue weighted by Gasteiger charge is 2.62. The number of amides is 2. The van der Waals surface area contributed by atoms with Crippen LogP contribution in [0.2, 0.25) is 0 Å². The van der Waals surface area contributed by atoms with E-state index in [1.807, 2.05) is 52.5 Å². The van der Waals surface area contributed by atoms with Crippen molar-refractivity contribution in [2.24, 2.45) is 11.1 Å². The molecule has 3 aliphatic carbocycles. The molecular weight excluding hydrogens is 690 g/mol. The molecule has 4 heterocycles. The molecule has 3 spiro atoms.